The van der Waals surface area contributed by atoms with Crippen LogP contribution in [-0.4, -0.2) is 28.0 Å². The summed E-state index contributed by atoms with van der Waals surface area (Å²) in [5, 5.41) is 15.5. The van der Waals surface area contributed by atoms with E-state index in [4.69, 9.17) is 5.11 Å². The minimum absolute atomic E-state index is 0.0190. The minimum atomic E-state index is -0.969. The SMILES string of the molecule is CC(CC(=O)O)CC(=O)NC(=O)Nc1nc(C(C)C)cs1. The summed E-state index contributed by atoms with van der Waals surface area (Å²) in [6.45, 7) is 5.62. The topological polar surface area (TPSA) is 108 Å². The van der Waals surface area contributed by atoms with Gasteiger partial charge in [-0.15, -0.1) is 11.3 Å². The van der Waals surface area contributed by atoms with Crippen molar-refractivity contribution in [2.75, 3.05) is 5.32 Å². The van der Waals surface area contributed by atoms with Gasteiger partial charge in [-0.25, -0.2) is 9.78 Å². The Morgan fingerprint density at radius 3 is 2.48 bits per heavy atom. The third-order valence-electron chi connectivity index (χ3n) is 2.64. The van der Waals surface area contributed by atoms with Crippen LogP contribution < -0.4 is 10.6 Å². The highest BCUT2D eigenvalue weighted by Crippen LogP contribution is 2.21. The van der Waals surface area contributed by atoms with E-state index in [-0.39, 0.29) is 24.7 Å². The summed E-state index contributed by atoms with van der Waals surface area (Å²) in [6, 6.07) is -0.660. The summed E-state index contributed by atoms with van der Waals surface area (Å²) < 4.78 is 0. The molecule has 1 aromatic rings. The molecule has 1 rings (SSSR count). The van der Waals surface area contributed by atoms with Crippen molar-refractivity contribution >= 4 is 34.4 Å². The number of aromatic nitrogens is 1. The molecule has 0 aliphatic heterocycles. The van der Waals surface area contributed by atoms with E-state index >= 15 is 0 Å². The second kappa shape index (κ2) is 7.72. The van der Waals surface area contributed by atoms with E-state index < -0.39 is 17.9 Å². The maximum absolute atomic E-state index is 11.6. The van der Waals surface area contributed by atoms with Crippen molar-refractivity contribution < 1.29 is 19.5 Å². The normalized spacial score (nSPS) is 12.0. The van der Waals surface area contributed by atoms with Crippen LogP contribution in [0.2, 0.25) is 0 Å². The molecular weight excluding hydrogens is 294 g/mol. The van der Waals surface area contributed by atoms with E-state index in [1.54, 1.807) is 6.92 Å². The predicted octanol–water partition coefficient (Wildman–Crippen LogP) is 2.42. The molecular formula is C13H19N3O4S. The zero-order valence-electron chi connectivity index (χ0n) is 12.2. The number of aliphatic carboxylic acids is 1. The highest BCUT2D eigenvalue weighted by atomic mass is 32.1. The van der Waals surface area contributed by atoms with Gasteiger partial charge in [0.2, 0.25) is 5.91 Å². The van der Waals surface area contributed by atoms with E-state index in [9.17, 15) is 14.4 Å². The Morgan fingerprint density at radius 2 is 1.95 bits per heavy atom. The third kappa shape index (κ3) is 6.35. The molecule has 1 atom stereocenters. The number of anilines is 1. The lowest BCUT2D eigenvalue weighted by Crippen LogP contribution is -2.35. The van der Waals surface area contributed by atoms with Crippen molar-refractivity contribution in [1.29, 1.82) is 0 Å². The molecule has 1 aromatic heterocycles. The number of imide groups is 1. The predicted molar refractivity (Wildman–Crippen MR) is 79.4 cm³/mol. The first-order chi connectivity index (χ1) is 9.77. The van der Waals surface area contributed by atoms with Crippen molar-refractivity contribution in [2.24, 2.45) is 5.92 Å². The van der Waals surface area contributed by atoms with E-state index in [0.717, 1.165) is 5.69 Å². The van der Waals surface area contributed by atoms with Crippen LogP contribution in [0.15, 0.2) is 5.38 Å². The largest absolute Gasteiger partial charge is 0.481 e. The summed E-state index contributed by atoms with van der Waals surface area (Å²) in [4.78, 5) is 37.9. The molecule has 0 bridgehead atoms. The maximum atomic E-state index is 11.6. The molecule has 1 unspecified atom stereocenters. The lowest BCUT2D eigenvalue weighted by atomic mass is 10.0. The van der Waals surface area contributed by atoms with Crippen LogP contribution in [0.5, 0.6) is 0 Å². The quantitative estimate of drug-likeness (QED) is 0.747. The third-order valence-corrected chi connectivity index (χ3v) is 3.42. The molecule has 0 saturated carbocycles. The van der Waals surface area contributed by atoms with Gasteiger partial charge in [0, 0.05) is 18.2 Å². The number of thiazole rings is 1. The number of carboxylic acids is 1. The van der Waals surface area contributed by atoms with Crippen molar-refractivity contribution in [1.82, 2.24) is 10.3 Å². The van der Waals surface area contributed by atoms with Crippen LogP contribution in [0.4, 0.5) is 9.93 Å². The molecule has 7 nitrogen and oxygen atoms in total. The summed E-state index contributed by atoms with van der Waals surface area (Å²) in [6.07, 6.45) is -0.131. The summed E-state index contributed by atoms with van der Waals surface area (Å²) in [5.74, 6) is -1.55. The highest BCUT2D eigenvalue weighted by molar-refractivity contribution is 7.13. The van der Waals surface area contributed by atoms with Crippen LogP contribution in [0.25, 0.3) is 0 Å². The summed E-state index contributed by atoms with van der Waals surface area (Å²) in [7, 11) is 0. The molecule has 0 fully saturated rings. The number of nitrogens with zero attached hydrogens (tertiary/aromatic N) is 1. The lowest BCUT2D eigenvalue weighted by molar-refractivity contribution is -0.138. The van der Waals surface area contributed by atoms with Gasteiger partial charge in [-0.2, -0.15) is 0 Å². The number of amides is 3. The van der Waals surface area contributed by atoms with Gasteiger partial charge in [-0.05, 0) is 11.8 Å². The van der Waals surface area contributed by atoms with E-state index in [0.29, 0.717) is 5.13 Å². The van der Waals surface area contributed by atoms with Crippen LogP contribution in [-0.2, 0) is 9.59 Å². The fourth-order valence-electron chi connectivity index (χ4n) is 1.60. The Balaban J connectivity index is 2.42. The standard InChI is InChI=1S/C13H19N3O4S/c1-7(2)9-6-21-13(14-9)16-12(20)15-10(17)4-8(3)5-11(18)19/h6-8H,4-5H2,1-3H3,(H,18,19)(H2,14,15,16,17,20). The van der Waals surface area contributed by atoms with E-state index in [1.807, 2.05) is 19.2 Å². The molecule has 0 aliphatic carbocycles. The number of carboxylic acid groups (broad SMARTS) is 1. The van der Waals surface area contributed by atoms with E-state index in [2.05, 4.69) is 15.6 Å². The number of carbonyl (C=O) groups excluding carboxylic acids is 2. The lowest BCUT2D eigenvalue weighted by Gasteiger charge is -2.08. The van der Waals surface area contributed by atoms with Crippen molar-refractivity contribution in [3.63, 3.8) is 0 Å². The Morgan fingerprint density at radius 1 is 1.29 bits per heavy atom. The number of nitrogens with one attached hydrogen (secondary N) is 2. The number of urea groups is 1. The molecule has 0 saturated heterocycles. The molecule has 8 heteroatoms. The first-order valence-corrected chi connectivity index (χ1v) is 7.44. The van der Waals surface area contributed by atoms with Gasteiger partial charge in [0.1, 0.15) is 0 Å². The molecule has 0 radical (unpaired) electrons. The molecule has 0 aliphatic rings. The highest BCUT2D eigenvalue weighted by Gasteiger charge is 2.15. The smallest absolute Gasteiger partial charge is 0.327 e. The summed E-state index contributed by atoms with van der Waals surface area (Å²) >= 11 is 1.28. The molecule has 0 aromatic carbocycles. The van der Waals surface area contributed by atoms with E-state index in [1.165, 1.54) is 11.3 Å². The van der Waals surface area contributed by atoms with Crippen LogP contribution in [0.3, 0.4) is 0 Å². The van der Waals surface area contributed by atoms with Crippen LogP contribution in [0.1, 0.15) is 45.2 Å². The van der Waals surface area contributed by atoms with Gasteiger partial charge < -0.3 is 5.11 Å². The Bertz CT molecular complexity index is 527. The zero-order chi connectivity index (χ0) is 16.0. The fraction of sp³-hybridized carbons (Fsp3) is 0.538. The Labute approximate surface area is 126 Å². The van der Waals surface area contributed by atoms with Crippen molar-refractivity contribution in [2.45, 2.75) is 39.5 Å². The number of hydrogen-bond donors (Lipinski definition) is 3. The molecule has 0 spiro atoms. The minimum Gasteiger partial charge on any atom is -0.481 e. The van der Waals surface area contributed by atoms with Crippen molar-refractivity contribution in [3.8, 4) is 0 Å². The van der Waals surface area contributed by atoms with Gasteiger partial charge in [-0.3, -0.25) is 20.2 Å². The number of rotatable bonds is 6. The van der Waals surface area contributed by atoms with Gasteiger partial charge in [-0.1, -0.05) is 20.8 Å². The van der Waals surface area contributed by atoms with Crippen molar-refractivity contribution in [3.05, 3.63) is 11.1 Å². The average molecular weight is 313 g/mol. The maximum Gasteiger partial charge on any atom is 0.327 e. The Kier molecular flexibility index (Phi) is 6.29. The first kappa shape index (κ1) is 17.1. The molecule has 3 amide bonds. The van der Waals surface area contributed by atoms with Gasteiger partial charge in [0.15, 0.2) is 5.13 Å². The molecule has 3 N–H and O–H groups in total. The van der Waals surface area contributed by atoms with Gasteiger partial charge in [0.25, 0.3) is 0 Å². The summed E-state index contributed by atoms with van der Waals surface area (Å²) in [5.41, 5.74) is 0.872. The second-order valence-electron chi connectivity index (χ2n) is 5.14. The Hall–Kier alpha value is -1.96. The first-order valence-electron chi connectivity index (χ1n) is 6.56. The average Bonchev–Trinajstić information content (AvgIpc) is 2.75. The monoisotopic (exact) mass is 313 g/mol. The number of carbonyl (C=O) groups is 3. The molecule has 1 heterocycles. The molecule has 21 heavy (non-hydrogen) atoms. The molecule has 116 valence electrons. The van der Waals surface area contributed by atoms with Gasteiger partial charge >= 0.3 is 12.0 Å². The zero-order valence-corrected chi connectivity index (χ0v) is 13.0. The van der Waals surface area contributed by atoms with Crippen LogP contribution in [0, 0.1) is 5.92 Å². The number of hydrogen-bond acceptors (Lipinski definition) is 5. The fourth-order valence-corrected chi connectivity index (χ4v) is 2.47. The second-order valence-corrected chi connectivity index (χ2v) is 6.00. The van der Waals surface area contributed by atoms with Crippen LogP contribution >= 0.6 is 11.3 Å². The van der Waals surface area contributed by atoms with Gasteiger partial charge in [0.05, 0.1) is 5.69 Å².